The van der Waals surface area contributed by atoms with Crippen molar-refractivity contribution in [2.45, 2.75) is 96.3 Å². The molecule has 20 aromatic carbocycles. The third-order valence-corrected chi connectivity index (χ3v) is 29.8. The lowest BCUT2D eigenvalue weighted by Crippen LogP contribution is -2.29. The van der Waals surface area contributed by atoms with Crippen LogP contribution in [0.5, 0.6) is 0 Å². The molecule has 0 aliphatic heterocycles. The molecule has 0 amide bonds. The predicted octanol–water partition coefficient (Wildman–Crippen LogP) is 33.3. The highest BCUT2D eigenvalue weighted by molar-refractivity contribution is 5.94. The van der Waals surface area contributed by atoms with Crippen LogP contribution in [0.2, 0.25) is 0 Å². The SMILES string of the molecule is Cc1ccc(C2(c3ccccc3)c3ccccc3-c3c(C)cccc32)cc1.Cc1ccc(C2(c3ccccc3)c3ccccc3-c3ccc(C)cc32)cc1.Cc1ccc2c(c1)C(c1ccccc1)(c1ccccc1)c1c(C)cccc1-2.Cc1cccc2c1-c1c(C)cccc1C2(c1ccccc1)c1ccccc1.Cc1cccc2c1-c1cccc(C)c1C2(c1ccccc1)c1ccccc1. The van der Waals surface area contributed by atoms with E-state index in [0.29, 0.717) is 0 Å². The van der Waals surface area contributed by atoms with Gasteiger partial charge in [0.15, 0.2) is 0 Å². The molecule has 650 valence electrons. The van der Waals surface area contributed by atoms with Crippen LogP contribution in [0.3, 0.4) is 0 Å². The number of rotatable bonds is 10. The zero-order valence-corrected chi connectivity index (χ0v) is 78.7. The lowest BCUT2D eigenvalue weighted by molar-refractivity contribution is 0.761. The summed E-state index contributed by atoms with van der Waals surface area (Å²) in [6.07, 6.45) is 0. The molecule has 25 rings (SSSR count). The van der Waals surface area contributed by atoms with Gasteiger partial charge in [-0.15, -0.1) is 0 Å². The molecule has 0 saturated heterocycles. The van der Waals surface area contributed by atoms with Crippen LogP contribution in [-0.2, 0) is 27.1 Å². The van der Waals surface area contributed by atoms with E-state index in [1.54, 1.807) is 0 Å². The second-order valence-electron chi connectivity index (χ2n) is 37.6. The van der Waals surface area contributed by atoms with Crippen molar-refractivity contribution >= 4 is 0 Å². The minimum absolute atomic E-state index is 0.271. The summed E-state index contributed by atoms with van der Waals surface area (Å²) in [6, 6.07) is 178. The van der Waals surface area contributed by atoms with E-state index in [0.717, 1.165) is 0 Å². The first-order valence-corrected chi connectivity index (χ1v) is 47.8. The van der Waals surface area contributed by atoms with Crippen LogP contribution in [0.25, 0.3) is 55.6 Å². The second-order valence-corrected chi connectivity index (χ2v) is 37.6. The molecule has 2 atom stereocenters. The van der Waals surface area contributed by atoms with Gasteiger partial charge in [0.25, 0.3) is 0 Å². The van der Waals surface area contributed by atoms with Crippen molar-refractivity contribution in [1.29, 1.82) is 0 Å². The van der Waals surface area contributed by atoms with Crippen molar-refractivity contribution in [3.63, 3.8) is 0 Å². The number of hydrogen-bond acceptors (Lipinski definition) is 0. The zero-order valence-electron chi connectivity index (χ0n) is 78.7. The van der Waals surface area contributed by atoms with Crippen molar-refractivity contribution < 1.29 is 0 Å². The van der Waals surface area contributed by atoms with E-state index in [-0.39, 0.29) is 27.1 Å². The Bertz CT molecular complexity index is 7420. The Hall–Kier alpha value is -15.6. The lowest BCUT2D eigenvalue weighted by Gasteiger charge is -2.35. The van der Waals surface area contributed by atoms with E-state index in [1.807, 2.05) is 0 Å². The van der Waals surface area contributed by atoms with Crippen LogP contribution < -0.4 is 0 Å². The average Bonchev–Trinajstić information content (AvgIpc) is 1.52. The van der Waals surface area contributed by atoms with Gasteiger partial charge in [-0.1, -0.05) is 508 Å². The van der Waals surface area contributed by atoms with Crippen molar-refractivity contribution in [3.05, 3.63) is 652 Å². The molecule has 135 heavy (non-hydrogen) atoms. The first-order chi connectivity index (χ1) is 66.1. The van der Waals surface area contributed by atoms with Gasteiger partial charge >= 0.3 is 0 Å². The molecular formula is C135H110. The van der Waals surface area contributed by atoms with Crippen molar-refractivity contribution in [2.24, 2.45) is 0 Å². The predicted molar refractivity (Wildman–Crippen MR) is 566 cm³/mol. The summed E-state index contributed by atoms with van der Waals surface area (Å²) in [5.74, 6) is 0. The van der Waals surface area contributed by atoms with E-state index in [4.69, 9.17) is 0 Å². The quantitative estimate of drug-likeness (QED) is 0.128. The van der Waals surface area contributed by atoms with E-state index >= 15 is 0 Å². The van der Waals surface area contributed by atoms with Gasteiger partial charge in [0.1, 0.15) is 0 Å². The molecular weight excluding hydrogens is 1620 g/mol. The summed E-state index contributed by atoms with van der Waals surface area (Å²) in [5.41, 5.74) is 52.8. The Morgan fingerprint density at radius 3 is 0.704 bits per heavy atom. The normalized spacial score (nSPS) is 15.3. The first-order valence-electron chi connectivity index (χ1n) is 47.8. The summed E-state index contributed by atoms with van der Waals surface area (Å²) in [7, 11) is 0. The topological polar surface area (TPSA) is 0 Å². The third kappa shape index (κ3) is 13.8. The summed E-state index contributed by atoms with van der Waals surface area (Å²) in [5, 5.41) is 0. The number of fused-ring (bicyclic) bond motifs is 15. The Labute approximate surface area is 798 Å². The maximum Gasteiger partial charge on any atom is 0.0716 e. The van der Waals surface area contributed by atoms with Crippen LogP contribution in [-0.4, -0.2) is 0 Å². The summed E-state index contributed by atoms with van der Waals surface area (Å²) in [6.45, 7) is 22.1. The smallest absolute Gasteiger partial charge is 0.0622 e. The second kappa shape index (κ2) is 35.5. The third-order valence-electron chi connectivity index (χ3n) is 29.8. The van der Waals surface area contributed by atoms with E-state index in [1.165, 1.54) is 223 Å². The Morgan fingerprint density at radius 2 is 0.326 bits per heavy atom. The molecule has 5 aliphatic carbocycles. The molecule has 2 unspecified atom stereocenters. The van der Waals surface area contributed by atoms with Crippen LogP contribution in [0.1, 0.15) is 167 Å². The molecule has 0 bridgehead atoms. The van der Waals surface area contributed by atoms with Crippen LogP contribution in [0.4, 0.5) is 0 Å². The fraction of sp³-hybridized carbons (Fsp3) is 0.111. The maximum atomic E-state index is 2.38. The first kappa shape index (κ1) is 86.1. The standard InChI is InChI=1S/5C27H22/c1-19-11-10-18-24-25(19)23-17-9-12-20(2)26(23)27(24,21-13-5-3-6-14-21)22-15-7-4-8-16-22;1-19-11-9-17-23-25(19)26-20(2)12-10-18-24(26)27(23,21-13-5-3-6-14-21)22-15-7-4-8-16-22;1-19-16-17-23-24-15-9-10-20(2)26(24)27(25(23)18-19,21-11-5-3-6-12-21)22-13-7-4-8-14-22;1-19-15-17-22(18-16-19)27(21-10-4-3-5-11-21)24-13-7-6-12-23(24)26-20(2)9-8-14-25(26)27;1-19-12-15-22(16-13-19)27(21-8-4-3-5-9-21)25-11-7-6-10-23(25)24-17-14-20(2)18-26(24)27/h5*3-18H,1-2H3. The fourth-order valence-electron chi connectivity index (χ4n) is 24.3. The van der Waals surface area contributed by atoms with Gasteiger partial charge in [-0.05, 0) is 270 Å². The molecule has 0 heterocycles. The van der Waals surface area contributed by atoms with Gasteiger partial charge in [0.2, 0.25) is 0 Å². The van der Waals surface area contributed by atoms with E-state index < -0.39 is 0 Å². The number of benzene rings is 20. The monoisotopic (exact) mass is 1730 g/mol. The number of aryl methyl sites for hydroxylation is 10. The van der Waals surface area contributed by atoms with Gasteiger partial charge in [-0.3, -0.25) is 0 Å². The minimum atomic E-state index is -0.273. The average molecular weight is 1730 g/mol. The Balaban J connectivity index is 0.000000101. The Kier molecular flexibility index (Phi) is 22.7. The summed E-state index contributed by atoms with van der Waals surface area (Å²) in [4.78, 5) is 0. The molecule has 0 saturated carbocycles. The maximum absolute atomic E-state index is 2.38. The lowest BCUT2D eigenvalue weighted by atomic mass is 9.66. The zero-order chi connectivity index (χ0) is 92.2. The van der Waals surface area contributed by atoms with Crippen LogP contribution >= 0.6 is 0 Å². The molecule has 5 aliphatic rings. The van der Waals surface area contributed by atoms with Gasteiger partial charge in [0.05, 0.1) is 27.1 Å². The van der Waals surface area contributed by atoms with Gasteiger partial charge < -0.3 is 0 Å². The van der Waals surface area contributed by atoms with Crippen LogP contribution in [0, 0.1) is 69.2 Å². The molecule has 0 aromatic heterocycles. The number of hydrogen-bond donors (Lipinski definition) is 0. The molecule has 0 N–H and O–H groups in total. The van der Waals surface area contributed by atoms with Crippen molar-refractivity contribution in [2.75, 3.05) is 0 Å². The van der Waals surface area contributed by atoms with Gasteiger partial charge in [-0.25, -0.2) is 0 Å². The molecule has 0 heteroatoms. The fourth-order valence-corrected chi connectivity index (χ4v) is 24.3. The Morgan fingerprint density at radius 1 is 0.119 bits per heavy atom. The minimum Gasteiger partial charge on any atom is -0.0622 e. The van der Waals surface area contributed by atoms with Gasteiger partial charge in [0, 0.05) is 0 Å². The highest BCUT2D eigenvalue weighted by Gasteiger charge is 2.53. The summed E-state index contributed by atoms with van der Waals surface area (Å²) >= 11 is 0. The molecule has 20 aromatic rings. The molecule has 0 fully saturated rings. The highest BCUT2D eigenvalue weighted by Crippen LogP contribution is 2.64. The largest absolute Gasteiger partial charge is 0.0716 e. The van der Waals surface area contributed by atoms with Crippen LogP contribution in [0.15, 0.2) is 485 Å². The molecule has 0 nitrogen and oxygen atoms in total. The van der Waals surface area contributed by atoms with E-state index in [9.17, 15) is 0 Å². The van der Waals surface area contributed by atoms with Crippen molar-refractivity contribution in [1.82, 2.24) is 0 Å². The van der Waals surface area contributed by atoms with E-state index in [2.05, 4.69) is 555 Å². The highest BCUT2D eigenvalue weighted by atomic mass is 14.5. The van der Waals surface area contributed by atoms with Crippen molar-refractivity contribution in [3.8, 4) is 55.6 Å². The molecule has 0 spiro atoms. The molecule has 0 radical (unpaired) electrons. The summed E-state index contributed by atoms with van der Waals surface area (Å²) < 4.78 is 0. The van der Waals surface area contributed by atoms with Gasteiger partial charge in [-0.2, -0.15) is 0 Å².